The molecule has 0 amide bonds. The first kappa shape index (κ1) is 9.08. The van der Waals surface area contributed by atoms with Crippen molar-refractivity contribution in [1.82, 2.24) is 14.8 Å². The molecule has 0 radical (unpaired) electrons. The van der Waals surface area contributed by atoms with Gasteiger partial charge in [0.2, 0.25) is 0 Å². The Kier molecular flexibility index (Phi) is 2.41. The topological polar surface area (TPSA) is 47.8 Å². The first-order chi connectivity index (χ1) is 6.81. The van der Waals surface area contributed by atoms with Crippen molar-refractivity contribution >= 4 is 22.2 Å². The van der Waals surface area contributed by atoms with Crippen LogP contribution in [-0.2, 0) is 0 Å². The number of hydrogen-bond acceptors (Lipinski definition) is 3. The van der Waals surface area contributed by atoms with Gasteiger partial charge >= 0.3 is 0 Å². The molecule has 2 aromatic rings. The van der Waals surface area contributed by atoms with E-state index in [-0.39, 0.29) is 0 Å². The van der Waals surface area contributed by atoms with Gasteiger partial charge in [-0.25, -0.2) is 4.68 Å². The molecule has 0 N–H and O–H groups in total. The molecule has 14 heavy (non-hydrogen) atoms. The third kappa shape index (κ3) is 1.58. The molecule has 4 nitrogen and oxygen atoms in total. The molecule has 0 bridgehead atoms. The van der Waals surface area contributed by atoms with Gasteiger partial charge in [-0.3, -0.25) is 9.78 Å². The van der Waals surface area contributed by atoms with Crippen LogP contribution in [0.4, 0.5) is 0 Å². The van der Waals surface area contributed by atoms with Gasteiger partial charge in [0, 0.05) is 12.4 Å². The van der Waals surface area contributed by atoms with Gasteiger partial charge in [0.05, 0.1) is 16.4 Å². The third-order valence-corrected chi connectivity index (χ3v) is 2.14. The average Bonchev–Trinajstić information content (AvgIpc) is 2.65. The van der Waals surface area contributed by atoms with Gasteiger partial charge in [-0.05, 0) is 28.1 Å². The van der Waals surface area contributed by atoms with Crippen LogP contribution in [0.1, 0.15) is 10.5 Å². The van der Waals surface area contributed by atoms with Gasteiger partial charge in [-0.15, -0.1) is 0 Å². The smallest absolute Gasteiger partial charge is 0.170 e. The second-order valence-electron chi connectivity index (χ2n) is 2.63. The normalized spacial score (nSPS) is 10.1. The quantitative estimate of drug-likeness (QED) is 0.766. The van der Waals surface area contributed by atoms with Crippen LogP contribution < -0.4 is 0 Å². The largest absolute Gasteiger partial charge is 0.296 e. The minimum atomic E-state index is 0.378. The first-order valence-corrected chi connectivity index (χ1v) is 4.71. The minimum absolute atomic E-state index is 0.378. The van der Waals surface area contributed by atoms with Gasteiger partial charge in [0.1, 0.15) is 5.69 Å². The van der Waals surface area contributed by atoms with E-state index in [1.807, 2.05) is 0 Å². The fourth-order valence-electron chi connectivity index (χ4n) is 1.13. The summed E-state index contributed by atoms with van der Waals surface area (Å²) in [6.45, 7) is 0. The molecule has 2 aromatic heterocycles. The number of aromatic nitrogens is 3. The first-order valence-electron chi connectivity index (χ1n) is 3.92. The van der Waals surface area contributed by atoms with Crippen molar-refractivity contribution in [3.8, 4) is 5.69 Å². The Bertz CT molecular complexity index is 467. The maximum Gasteiger partial charge on any atom is 0.170 e. The molecule has 0 aliphatic rings. The highest BCUT2D eigenvalue weighted by Gasteiger charge is 2.04. The summed E-state index contributed by atoms with van der Waals surface area (Å²) in [6, 6.07) is 3.55. The molecule has 0 aliphatic heterocycles. The molecule has 5 heteroatoms. The molecule has 0 aliphatic carbocycles. The molecule has 0 fully saturated rings. The van der Waals surface area contributed by atoms with Crippen molar-refractivity contribution in [2.24, 2.45) is 0 Å². The van der Waals surface area contributed by atoms with Gasteiger partial charge in [-0.2, -0.15) is 5.10 Å². The summed E-state index contributed by atoms with van der Waals surface area (Å²) >= 11 is 3.28. The van der Waals surface area contributed by atoms with Crippen LogP contribution in [0, 0.1) is 0 Å². The molecule has 2 heterocycles. The number of carbonyl (C=O) groups is 1. The lowest BCUT2D eigenvalue weighted by atomic mass is 10.3. The molecule has 0 saturated heterocycles. The molecule has 0 aromatic carbocycles. The zero-order valence-corrected chi connectivity index (χ0v) is 8.68. The second kappa shape index (κ2) is 3.71. The number of pyridine rings is 1. The Morgan fingerprint density at radius 3 is 3.00 bits per heavy atom. The second-order valence-corrected chi connectivity index (χ2v) is 3.54. The van der Waals surface area contributed by atoms with Crippen molar-refractivity contribution in [1.29, 1.82) is 0 Å². The molecular weight excluding hydrogens is 246 g/mol. The summed E-state index contributed by atoms with van der Waals surface area (Å²) in [5, 5.41) is 4.07. The molecule has 0 spiro atoms. The Hall–Kier alpha value is -1.49. The van der Waals surface area contributed by atoms with E-state index in [1.54, 1.807) is 35.4 Å². The van der Waals surface area contributed by atoms with Crippen LogP contribution >= 0.6 is 15.9 Å². The van der Waals surface area contributed by atoms with E-state index in [0.717, 1.165) is 4.47 Å². The molecular formula is C9H6BrN3O. The van der Waals surface area contributed by atoms with E-state index in [1.165, 1.54) is 0 Å². The maximum absolute atomic E-state index is 10.7. The number of aldehydes is 1. The Balaban J connectivity index is 2.55. The lowest BCUT2D eigenvalue weighted by molar-refractivity contribution is 0.111. The van der Waals surface area contributed by atoms with E-state index < -0.39 is 0 Å². The van der Waals surface area contributed by atoms with Gasteiger partial charge in [0.15, 0.2) is 6.29 Å². The fraction of sp³-hybridized carbons (Fsp3) is 0. The lowest BCUT2D eigenvalue weighted by Crippen LogP contribution is -2.00. The minimum Gasteiger partial charge on any atom is -0.296 e. The predicted molar refractivity (Wildman–Crippen MR) is 54.4 cm³/mol. The molecule has 2 rings (SSSR count). The van der Waals surface area contributed by atoms with Crippen molar-refractivity contribution in [3.63, 3.8) is 0 Å². The summed E-state index contributed by atoms with van der Waals surface area (Å²) in [6.07, 6.45) is 5.71. The van der Waals surface area contributed by atoms with E-state index in [2.05, 4.69) is 26.0 Å². The van der Waals surface area contributed by atoms with Crippen LogP contribution in [0.5, 0.6) is 0 Å². The fourth-order valence-corrected chi connectivity index (χ4v) is 1.41. The molecule has 0 unspecified atom stereocenters. The van der Waals surface area contributed by atoms with Crippen molar-refractivity contribution in [2.45, 2.75) is 0 Å². The highest BCUT2D eigenvalue weighted by atomic mass is 79.9. The van der Waals surface area contributed by atoms with E-state index in [9.17, 15) is 4.79 Å². The standard InChI is InChI=1S/C9H6BrN3O/c10-7-4-12-13(5-7)9-2-1-3-11-8(9)6-14/h1-6H. The predicted octanol–water partition coefficient (Wildman–Crippen LogP) is 1.84. The average molecular weight is 252 g/mol. The van der Waals surface area contributed by atoms with Gasteiger partial charge in [-0.1, -0.05) is 0 Å². The highest BCUT2D eigenvalue weighted by Crippen LogP contribution is 2.13. The number of halogens is 1. The zero-order chi connectivity index (χ0) is 9.97. The highest BCUT2D eigenvalue weighted by molar-refractivity contribution is 9.10. The molecule has 70 valence electrons. The molecule has 0 saturated carbocycles. The van der Waals surface area contributed by atoms with E-state index in [4.69, 9.17) is 0 Å². The summed E-state index contributed by atoms with van der Waals surface area (Å²) < 4.78 is 2.46. The Morgan fingerprint density at radius 2 is 2.36 bits per heavy atom. The van der Waals surface area contributed by atoms with Gasteiger partial charge in [0.25, 0.3) is 0 Å². The van der Waals surface area contributed by atoms with Crippen LogP contribution in [0.2, 0.25) is 0 Å². The van der Waals surface area contributed by atoms with Crippen LogP contribution in [0.15, 0.2) is 35.2 Å². The Labute approximate surface area is 88.7 Å². The SMILES string of the molecule is O=Cc1ncccc1-n1cc(Br)cn1. The summed E-state index contributed by atoms with van der Waals surface area (Å²) in [5.74, 6) is 0. The number of nitrogens with zero attached hydrogens (tertiary/aromatic N) is 3. The number of carbonyl (C=O) groups excluding carboxylic acids is 1. The maximum atomic E-state index is 10.7. The van der Waals surface area contributed by atoms with Crippen LogP contribution in [0.25, 0.3) is 5.69 Å². The summed E-state index contributed by atoms with van der Waals surface area (Å²) in [4.78, 5) is 14.6. The van der Waals surface area contributed by atoms with E-state index >= 15 is 0 Å². The van der Waals surface area contributed by atoms with Crippen molar-refractivity contribution in [3.05, 3.63) is 40.9 Å². The molecule has 0 atom stereocenters. The number of hydrogen-bond donors (Lipinski definition) is 0. The lowest BCUT2D eigenvalue weighted by Gasteiger charge is -2.01. The van der Waals surface area contributed by atoms with Crippen molar-refractivity contribution in [2.75, 3.05) is 0 Å². The monoisotopic (exact) mass is 251 g/mol. The van der Waals surface area contributed by atoms with Crippen LogP contribution in [-0.4, -0.2) is 21.1 Å². The summed E-state index contributed by atoms with van der Waals surface area (Å²) in [7, 11) is 0. The number of rotatable bonds is 2. The zero-order valence-electron chi connectivity index (χ0n) is 7.09. The Morgan fingerprint density at radius 1 is 1.50 bits per heavy atom. The van der Waals surface area contributed by atoms with E-state index in [0.29, 0.717) is 17.7 Å². The van der Waals surface area contributed by atoms with Gasteiger partial charge < -0.3 is 0 Å². The van der Waals surface area contributed by atoms with Crippen molar-refractivity contribution < 1.29 is 4.79 Å². The third-order valence-electron chi connectivity index (χ3n) is 1.73. The van der Waals surface area contributed by atoms with Crippen LogP contribution in [0.3, 0.4) is 0 Å². The summed E-state index contributed by atoms with van der Waals surface area (Å²) in [5.41, 5.74) is 1.05.